The number of rotatable bonds is 1. The molecule has 0 unspecified atom stereocenters. The van der Waals surface area contributed by atoms with Crippen molar-refractivity contribution in [2.24, 2.45) is 0 Å². The van der Waals surface area contributed by atoms with E-state index in [1.807, 2.05) is 60.0 Å². The van der Waals surface area contributed by atoms with Crippen LogP contribution in [0.15, 0.2) is 72.9 Å². The van der Waals surface area contributed by atoms with Gasteiger partial charge in [-0.1, -0.05) is 36.4 Å². The first kappa shape index (κ1) is 16.8. The minimum Gasteiger partial charge on any atom is -0.300 e. The third-order valence-corrected chi connectivity index (χ3v) is 5.10. The highest BCUT2D eigenvalue weighted by Crippen LogP contribution is 2.36. The van der Waals surface area contributed by atoms with Gasteiger partial charge in [-0.05, 0) is 59.3 Å². The Balaban J connectivity index is 1.83. The van der Waals surface area contributed by atoms with E-state index in [0.29, 0.717) is 0 Å². The summed E-state index contributed by atoms with van der Waals surface area (Å²) in [4.78, 5) is 4.80. The number of fused-ring (bicyclic) bond motifs is 5. The SMILES string of the molecule is Cc1ccn2c(c1)nc1c3ccccc3c(-c3ccc(C(F)(F)F)cc3)cc12. The van der Waals surface area contributed by atoms with E-state index in [1.165, 1.54) is 12.1 Å². The van der Waals surface area contributed by atoms with E-state index in [-0.39, 0.29) is 0 Å². The molecule has 0 radical (unpaired) electrons. The monoisotopic (exact) mass is 376 g/mol. The van der Waals surface area contributed by atoms with Crippen LogP contribution in [-0.4, -0.2) is 9.38 Å². The van der Waals surface area contributed by atoms with Crippen molar-refractivity contribution in [3.8, 4) is 11.1 Å². The maximum atomic E-state index is 12.9. The lowest BCUT2D eigenvalue weighted by molar-refractivity contribution is -0.137. The van der Waals surface area contributed by atoms with Crippen molar-refractivity contribution in [1.29, 1.82) is 0 Å². The molecular formula is C23H15F3N2. The van der Waals surface area contributed by atoms with Gasteiger partial charge in [0, 0.05) is 11.6 Å². The molecule has 5 rings (SSSR count). The average Bonchev–Trinajstić information content (AvgIpc) is 3.04. The predicted molar refractivity (Wildman–Crippen MR) is 105 cm³/mol. The van der Waals surface area contributed by atoms with Crippen molar-refractivity contribution in [2.75, 3.05) is 0 Å². The van der Waals surface area contributed by atoms with Gasteiger partial charge in [-0.25, -0.2) is 4.98 Å². The Morgan fingerprint density at radius 2 is 1.57 bits per heavy atom. The molecule has 0 N–H and O–H groups in total. The highest BCUT2D eigenvalue weighted by atomic mass is 19.4. The highest BCUT2D eigenvalue weighted by Gasteiger charge is 2.30. The first-order chi connectivity index (χ1) is 13.4. The molecule has 0 aliphatic carbocycles. The molecule has 5 heteroatoms. The van der Waals surface area contributed by atoms with Crippen molar-refractivity contribution in [1.82, 2.24) is 9.38 Å². The summed E-state index contributed by atoms with van der Waals surface area (Å²) in [7, 11) is 0. The van der Waals surface area contributed by atoms with Crippen LogP contribution in [0.5, 0.6) is 0 Å². The molecule has 0 atom stereocenters. The molecular weight excluding hydrogens is 361 g/mol. The summed E-state index contributed by atoms with van der Waals surface area (Å²) in [5.74, 6) is 0. The van der Waals surface area contributed by atoms with Gasteiger partial charge in [0.05, 0.1) is 16.6 Å². The van der Waals surface area contributed by atoms with Gasteiger partial charge in [0.1, 0.15) is 5.65 Å². The number of pyridine rings is 1. The third kappa shape index (κ3) is 2.54. The summed E-state index contributed by atoms with van der Waals surface area (Å²) in [5.41, 5.74) is 4.78. The van der Waals surface area contributed by atoms with Crippen molar-refractivity contribution in [3.63, 3.8) is 0 Å². The minimum absolute atomic E-state index is 0.646. The van der Waals surface area contributed by atoms with Gasteiger partial charge in [-0.3, -0.25) is 4.40 Å². The molecule has 0 saturated heterocycles. The van der Waals surface area contributed by atoms with Crippen molar-refractivity contribution in [2.45, 2.75) is 13.1 Å². The van der Waals surface area contributed by atoms with Crippen molar-refractivity contribution >= 4 is 27.5 Å². The molecule has 0 amide bonds. The molecule has 0 fully saturated rings. The van der Waals surface area contributed by atoms with E-state index < -0.39 is 11.7 Å². The zero-order valence-electron chi connectivity index (χ0n) is 15.0. The fraction of sp³-hybridized carbons (Fsp3) is 0.0870. The average molecular weight is 376 g/mol. The zero-order chi connectivity index (χ0) is 19.5. The van der Waals surface area contributed by atoms with Crippen LogP contribution in [0.25, 0.3) is 38.6 Å². The largest absolute Gasteiger partial charge is 0.416 e. The summed E-state index contributed by atoms with van der Waals surface area (Å²) in [6.07, 6.45) is -2.37. The van der Waals surface area contributed by atoms with Crippen LogP contribution in [0.1, 0.15) is 11.1 Å². The van der Waals surface area contributed by atoms with E-state index in [2.05, 4.69) is 0 Å². The van der Waals surface area contributed by atoms with Crippen LogP contribution in [0, 0.1) is 6.92 Å². The Labute approximate surface area is 158 Å². The van der Waals surface area contributed by atoms with Crippen LogP contribution in [0.3, 0.4) is 0 Å². The first-order valence-electron chi connectivity index (χ1n) is 8.89. The highest BCUT2D eigenvalue weighted by molar-refractivity contribution is 6.12. The number of imidazole rings is 1. The Bertz CT molecular complexity index is 1350. The molecule has 0 saturated carbocycles. The zero-order valence-corrected chi connectivity index (χ0v) is 15.0. The molecule has 5 aromatic rings. The van der Waals surface area contributed by atoms with Gasteiger partial charge in [0.15, 0.2) is 0 Å². The Morgan fingerprint density at radius 3 is 2.29 bits per heavy atom. The van der Waals surface area contributed by atoms with Gasteiger partial charge in [0.25, 0.3) is 0 Å². The van der Waals surface area contributed by atoms with E-state index in [1.54, 1.807) is 0 Å². The predicted octanol–water partition coefficient (Wildman–Crippen LogP) is 6.63. The fourth-order valence-corrected chi connectivity index (χ4v) is 3.72. The summed E-state index contributed by atoms with van der Waals surface area (Å²) >= 11 is 0. The van der Waals surface area contributed by atoms with Gasteiger partial charge in [-0.2, -0.15) is 13.2 Å². The molecule has 0 aliphatic rings. The Kier molecular flexibility index (Phi) is 3.50. The number of halogens is 3. The number of nitrogens with zero attached hydrogens (tertiary/aromatic N) is 2. The van der Waals surface area contributed by atoms with E-state index >= 15 is 0 Å². The van der Waals surface area contributed by atoms with Gasteiger partial charge >= 0.3 is 6.18 Å². The van der Waals surface area contributed by atoms with Crippen molar-refractivity contribution < 1.29 is 13.2 Å². The molecule has 2 nitrogen and oxygen atoms in total. The molecule has 28 heavy (non-hydrogen) atoms. The van der Waals surface area contributed by atoms with E-state index in [4.69, 9.17) is 4.98 Å². The van der Waals surface area contributed by atoms with Crippen LogP contribution < -0.4 is 0 Å². The van der Waals surface area contributed by atoms with Crippen LogP contribution >= 0.6 is 0 Å². The van der Waals surface area contributed by atoms with Crippen molar-refractivity contribution in [3.05, 3.63) is 84.1 Å². The maximum Gasteiger partial charge on any atom is 0.416 e. The molecule has 3 aromatic carbocycles. The van der Waals surface area contributed by atoms with Gasteiger partial charge in [-0.15, -0.1) is 0 Å². The van der Waals surface area contributed by atoms with Gasteiger partial charge in [0.2, 0.25) is 0 Å². The summed E-state index contributed by atoms with van der Waals surface area (Å²) in [5, 5.41) is 1.95. The second-order valence-corrected chi connectivity index (χ2v) is 6.96. The number of aromatic nitrogens is 2. The van der Waals surface area contributed by atoms with Crippen LogP contribution in [0.2, 0.25) is 0 Å². The van der Waals surface area contributed by atoms with Gasteiger partial charge < -0.3 is 0 Å². The number of alkyl halides is 3. The normalized spacial score (nSPS) is 12.3. The number of hydrogen-bond donors (Lipinski definition) is 0. The maximum absolute atomic E-state index is 12.9. The summed E-state index contributed by atoms with van der Waals surface area (Å²) < 4.78 is 40.8. The second-order valence-electron chi connectivity index (χ2n) is 6.96. The lowest BCUT2D eigenvalue weighted by atomic mass is 9.96. The Morgan fingerprint density at radius 1 is 0.857 bits per heavy atom. The molecule has 0 aliphatic heterocycles. The quantitative estimate of drug-likeness (QED) is 0.321. The number of benzene rings is 3. The molecule has 138 valence electrons. The van der Waals surface area contributed by atoms with Crippen LogP contribution in [0.4, 0.5) is 13.2 Å². The number of hydrogen-bond acceptors (Lipinski definition) is 1. The van der Waals surface area contributed by atoms with E-state index in [9.17, 15) is 13.2 Å². The van der Waals surface area contributed by atoms with Crippen LogP contribution in [-0.2, 0) is 6.18 Å². The standard InChI is InChI=1S/C23H15F3N2/c1-14-10-11-28-20-13-19(15-6-8-16(9-7-15)23(24,25)26)17-4-2-3-5-18(17)22(20)27-21(28)12-14/h2-13H,1H3. The smallest absolute Gasteiger partial charge is 0.300 e. The summed E-state index contributed by atoms with van der Waals surface area (Å²) in [6, 6.07) is 19.2. The first-order valence-corrected chi connectivity index (χ1v) is 8.89. The topological polar surface area (TPSA) is 17.3 Å². The lowest BCUT2D eigenvalue weighted by Gasteiger charge is -2.11. The molecule has 2 heterocycles. The molecule has 0 spiro atoms. The fourth-order valence-electron chi connectivity index (χ4n) is 3.72. The Hall–Kier alpha value is -3.34. The summed E-state index contributed by atoms with van der Waals surface area (Å²) in [6.45, 7) is 2.02. The van der Waals surface area contributed by atoms with E-state index in [0.717, 1.165) is 56.3 Å². The second kappa shape index (κ2) is 5.83. The molecule has 0 bridgehead atoms. The molecule has 2 aromatic heterocycles. The third-order valence-electron chi connectivity index (χ3n) is 5.10. The minimum atomic E-state index is -4.34. The lowest BCUT2D eigenvalue weighted by Crippen LogP contribution is -2.04. The number of aryl methyl sites for hydroxylation is 1.